The maximum absolute atomic E-state index is 5.92. The van der Waals surface area contributed by atoms with Gasteiger partial charge in [0.05, 0.1) is 0 Å². The summed E-state index contributed by atoms with van der Waals surface area (Å²) in [5.74, 6) is 0. The molecule has 0 radical (unpaired) electrons. The minimum absolute atomic E-state index is 0.808. The summed E-state index contributed by atoms with van der Waals surface area (Å²) in [6.07, 6.45) is 0.900. The van der Waals surface area contributed by atoms with Crippen molar-refractivity contribution in [3.8, 4) is 0 Å². The highest BCUT2D eigenvalue weighted by Gasteiger charge is 2.15. The maximum atomic E-state index is 5.92. The highest BCUT2D eigenvalue weighted by molar-refractivity contribution is 6.30. The standard InChI is InChI=1S/C10H10ClN/c1-6-3-9(11)5-8-4-7(2)12-10(6)8/h3,5,12H,2,4H2,1H3. The molecule has 2 heteroatoms. The van der Waals surface area contributed by atoms with Crippen LogP contribution in [0.3, 0.4) is 0 Å². The van der Waals surface area contributed by atoms with E-state index in [4.69, 9.17) is 11.6 Å². The zero-order chi connectivity index (χ0) is 8.72. The summed E-state index contributed by atoms with van der Waals surface area (Å²) in [5.41, 5.74) is 4.68. The second-order valence-corrected chi connectivity index (χ2v) is 3.60. The highest BCUT2D eigenvalue weighted by Crippen LogP contribution is 2.32. The van der Waals surface area contributed by atoms with Crippen molar-refractivity contribution in [1.82, 2.24) is 0 Å². The molecule has 0 aliphatic carbocycles. The number of allylic oxidation sites excluding steroid dienone is 1. The van der Waals surface area contributed by atoms with Crippen molar-refractivity contribution in [2.24, 2.45) is 0 Å². The third-order valence-electron chi connectivity index (χ3n) is 2.09. The zero-order valence-corrected chi connectivity index (χ0v) is 7.70. The molecule has 0 fully saturated rings. The second kappa shape index (κ2) is 2.53. The number of aryl methyl sites for hydroxylation is 1. The summed E-state index contributed by atoms with van der Waals surface area (Å²) in [6, 6.07) is 3.96. The third-order valence-corrected chi connectivity index (χ3v) is 2.31. The number of anilines is 1. The van der Waals surface area contributed by atoms with E-state index in [1.165, 1.54) is 16.8 Å². The highest BCUT2D eigenvalue weighted by atomic mass is 35.5. The smallest absolute Gasteiger partial charge is 0.0449 e. The predicted molar refractivity (Wildman–Crippen MR) is 52.7 cm³/mol. The van der Waals surface area contributed by atoms with Crippen molar-refractivity contribution >= 4 is 17.3 Å². The summed E-state index contributed by atoms with van der Waals surface area (Å²) >= 11 is 5.92. The van der Waals surface area contributed by atoms with Crippen LogP contribution in [0.4, 0.5) is 5.69 Å². The molecule has 1 aliphatic rings. The Morgan fingerprint density at radius 2 is 2.25 bits per heavy atom. The number of halogens is 1. The largest absolute Gasteiger partial charge is 0.359 e. The van der Waals surface area contributed by atoms with Crippen molar-refractivity contribution in [1.29, 1.82) is 0 Å². The van der Waals surface area contributed by atoms with Crippen LogP contribution in [0.1, 0.15) is 11.1 Å². The molecule has 62 valence electrons. The quantitative estimate of drug-likeness (QED) is 0.645. The molecule has 0 spiro atoms. The fourth-order valence-electron chi connectivity index (χ4n) is 1.58. The van der Waals surface area contributed by atoms with Gasteiger partial charge in [0.1, 0.15) is 0 Å². The molecule has 1 N–H and O–H groups in total. The van der Waals surface area contributed by atoms with Crippen molar-refractivity contribution in [2.45, 2.75) is 13.3 Å². The summed E-state index contributed by atoms with van der Waals surface area (Å²) in [7, 11) is 0. The average molecular weight is 180 g/mol. The van der Waals surface area contributed by atoms with Crippen molar-refractivity contribution in [2.75, 3.05) is 5.32 Å². The first-order valence-electron chi connectivity index (χ1n) is 3.90. The monoisotopic (exact) mass is 179 g/mol. The van der Waals surface area contributed by atoms with E-state index in [-0.39, 0.29) is 0 Å². The molecule has 12 heavy (non-hydrogen) atoms. The van der Waals surface area contributed by atoms with E-state index in [0.29, 0.717) is 0 Å². The fourth-order valence-corrected chi connectivity index (χ4v) is 1.88. The third kappa shape index (κ3) is 1.10. The Morgan fingerprint density at radius 1 is 1.50 bits per heavy atom. The maximum Gasteiger partial charge on any atom is 0.0449 e. The molecule has 0 amide bonds. The Kier molecular flexibility index (Phi) is 1.62. The summed E-state index contributed by atoms with van der Waals surface area (Å²) in [6.45, 7) is 5.94. The van der Waals surface area contributed by atoms with Gasteiger partial charge in [0, 0.05) is 22.8 Å². The van der Waals surface area contributed by atoms with Gasteiger partial charge in [0.15, 0.2) is 0 Å². The molecule has 1 aromatic rings. The molecule has 2 rings (SSSR count). The number of benzene rings is 1. The molecule has 0 bridgehead atoms. The minimum atomic E-state index is 0.808. The number of fused-ring (bicyclic) bond motifs is 1. The molecule has 0 atom stereocenters. The Balaban J connectivity index is 2.59. The van der Waals surface area contributed by atoms with Gasteiger partial charge in [0.25, 0.3) is 0 Å². The molecule has 0 saturated heterocycles. The lowest BCUT2D eigenvalue weighted by molar-refractivity contribution is 1.26. The van der Waals surface area contributed by atoms with Gasteiger partial charge in [-0.1, -0.05) is 18.2 Å². The Hall–Kier alpha value is -0.950. The second-order valence-electron chi connectivity index (χ2n) is 3.16. The SMILES string of the molecule is C=C1Cc2cc(Cl)cc(C)c2N1. The lowest BCUT2D eigenvalue weighted by Crippen LogP contribution is -1.89. The van der Waals surface area contributed by atoms with E-state index >= 15 is 0 Å². The zero-order valence-electron chi connectivity index (χ0n) is 6.95. The van der Waals surface area contributed by atoms with E-state index < -0.39 is 0 Å². The molecule has 0 aromatic heterocycles. The van der Waals surface area contributed by atoms with Crippen molar-refractivity contribution < 1.29 is 0 Å². The van der Waals surface area contributed by atoms with E-state index in [1.54, 1.807) is 0 Å². The van der Waals surface area contributed by atoms with Crippen LogP contribution in [0.2, 0.25) is 5.02 Å². The summed E-state index contributed by atoms with van der Waals surface area (Å²) < 4.78 is 0. The van der Waals surface area contributed by atoms with Gasteiger partial charge in [-0.25, -0.2) is 0 Å². The first kappa shape index (κ1) is 7.69. The Morgan fingerprint density at radius 3 is 3.00 bits per heavy atom. The predicted octanol–water partition coefficient (Wildman–Crippen LogP) is 3.13. The number of rotatable bonds is 0. The van der Waals surface area contributed by atoms with Gasteiger partial charge in [-0.15, -0.1) is 0 Å². The van der Waals surface area contributed by atoms with E-state index in [2.05, 4.69) is 18.8 Å². The topological polar surface area (TPSA) is 12.0 Å². The van der Waals surface area contributed by atoms with Gasteiger partial charge >= 0.3 is 0 Å². The van der Waals surface area contributed by atoms with Crippen LogP contribution in [-0.4, -0.2) is 0 Å². The van der Waals surface area contributed by atoms with Crippen LogP contribution in [0.25, 0.3) is 0 Å². The number of hydrogen-bond acceptors (Lipinski definition) is 1. The first-order chi connectivity index (χ1) is 5.66. The van der Waals surface area contributed by atoms with Gasteiger partial charge in [-0.3, -0.25) is 0 Å². The van der Waals surface area contributed by atoms with Crippen molar-refractivity contribution in [3.05, 3.63) is 40.6 Å². The Labute approximate surface area is 77.0 Å². The average Bonchev–Trinajstić information content (AvgIpc) is 2.29. The normalized spacial score (nSPS) is 14.3. The molecule has 1 aromatic carbocycles. The Bertz CT molecular complexity index is 355. The molecule has 1 heterocycles. The van der Waals surface area contributed by atoms with Crippen LogP contribution in [0, 0.1) is 6.92 Å². The van der Waals surface area contributed by atoms with Crippen molar-refractivity contribution in [3.63, 3.8) is 0 Å². The molecule has 0 saturated carbocycles. The fraction of sp³-hybridized carbons (Fsp3) is 0.200. The molecule has 1 nitrogen and oxygen atoms in total. The van der Waals surface area contributed by atoms with Crippen LogP contribution < -0.4 is 5.32 Å². The summed E-state index contributed by atoms with van der Waals surface area (Å²) in [4.78, 5) is 0. The van der Waals surface area contributed by atoms with Gasteiger partial charge < -0.3 is 5.32 Å². The first-order valence-corrected chi connectivity index (χ1v) is 4.28. The lowest BCUT2D eigenvalue weighted by atomic mass is 10.1. The van der Waals surface area contributed by atoms with Crippen LogP contribution >= 0.6 is 11.6 Å². The van der Waals surface area contributed by atoms with Crippen LogP contribution in [-0.2, 0) is 6.42 Å². The lowest BCUT2D eigenvalue weighted by Gasteiger charge is -2.03. The number of hydrogen-bond donors (Lipinski definition) is 1. The molecule has 1 aliphatic heterocycles. The minimum Gasteiger partial charge on any atom is -0.359 e. The molecular weight excluding hydrogens is 170 g/mol. The van der Waals surface area contributed by atoms with E-state index in [0.717, 1.165) is 17.1 Å². The van der Waals surface area contributed by atoms with Gasteiger partial charge in [-0.2, -0.15) is 0 Å². The summed E-state index contributed by atoms with van der Waals surface area (Å²) in [5, 5.41) is 4.05. The van der Waals surface area contributed by atoms with Gasteiger partial charge in [-0.05, 0) is 30.2 Å². The van der Waals surface area contributed by atoms with Gasteiger partial charge in [0.2, 0.25) is 0 Å². The molecule has 0 unspecified atom stereocenters. The van der Waals surface area contributed by atoms with Crippen LogP contribution in [0.5, 0.6) is 0 Å². The molecular formula is C10H10ClN. The van der Waals surface area contributed by atoms with Crippen LogP contribution in [0.15, 0.2) is 24.4 Å². The van der Waals surface area contributed by atoms with E-state index in [1.807, 2.05) is 12.1 Å². The number of nitrogens with one attached hydrogen (secondary N) is 1. The van der Waals surface area contributed by atoms with E-state index in [9.17, 15) is 0 Å².